The smallest absolute Gasteiger partial charge is 0.114 e. The Kier molecular flexibility index (Phi) is 10.3. The summed E-state index contributed by atoms with van der Waals surface area (Å²) in [5.41, 5.74) is 11.7. The van der Waals surface area contributed by atoms with Crippen molar-refractivity contribution in [3.05, 3.63) is 235 Å². The van der Waals surface area contributed by atoms with Gasteiger partial charge in [-0.2, -0.15) is 11.3 Å². The van der Waals surface area contributed by atoms with Gasteiger partial charge in [0.25, 0.3) is 0 Å². The monoisotopic (exact) mass is 1170 g/mol. The Labute approximate surface area is 464 Å². The van der Waals surface area contributed by atoms with Crippen molar-refractivity contribution in [2.24, 2.45) is 0 Å². The van der Waals surface area contributed by atoms with Gasteiger partial charge < -0.3 is 9.55 Å². The second-order valence-corrected chi connectivity index (χ2v) is 24.6. The predicted octanol–water partition coefficient (Wildman–Crippen LogP) is 17.2. The number of rotatable bonds is 8. The number of aryl methyl sites for hydroxylation is 4. The molecule has 4 aromatic heterocycles. The van der Waals surface area contributed by atoms with Gasteiger partial charge in [-0.15, -0.1) is 47.5 Å². The molecule has 8 aromatic carbocycles. The van der Waals surface area contributed by atoms with E-state index in [1.165, 1.54) is 41.7 Å². The third kappa shape index (κ3) is 9.70. The number of hydrogen-bond acceptors (Lipinski definition) is 4. The summed E-state index contributed by atoms with van der Waals surface area (Å²) in [5.74, 6) is 0.703. The zero-order valence-electron chi connectivity index (χ0n) is 52.1. The van der Waals surface area contributed by atoms with Crippen molar-refractivity contribution >= 4 is 55.9 Å². The van der Waals surface area contributed by atoms with Gasteiger partial charge in [0, 0.05) is 65.0 Å². The van der Waals surface area contributed by atoms with Crippen molar-refractivity contribution in [2.45, 2.75) is 47.0 Å². The van der Waals surface area contributed by atoms with Crippen LogP contribution in [0.4, 0.5) is 0 Å². The van der Waals surface area contributed by atoms with Gasteiger partial charge in [-0.1, -0.05) is 194 Å². The number of benzene rings is 8. The van der Waals surface area contributed by atoms with Crippen LogP contribution in [0.25, 0.3) is 104 Å². The number of nitrogens with zero attached hydrogens (tertiary/aromatic N) is 4. The van der Waals surface area contributed by atoms with Crippen molar-refractivity contribution in [3.8, 4) is 73.0 Å². The van der Waals surface area contributed by atoms with Gasteiger partial charge >= 0.3 is 0 Å². The molecule has 0 unspecified atom stereocenters. The van der Waals surface area contributed by atoms with Crippen molar-refractivity contribution in [2.75, 3.05) is 0 Å². The Morgan fingerprint density at radius 3 is 1.92 bits per heavy atom. The average molecular weight is 1170 g/mol. The first-order valence-corrected chi connectivity index (χ1v) is 27.9. The molecule has 1 radical (unpaired) electrons. The summed E-state index contributed by atoms with van der Waals surface area (Å²) in [6, 6.07) is 68.4. The van der Waals surface area contributed by atoms with Crippen LogP contribution in [0.5, 0.6) is 0 Å². The topological polar surface area (TPSA) is 43.6 Å². The van der Waals surface area contributed by atoms with Crippen molar-refractivity contribution in [1.29, 1.82) is 0 Å². The largest absolute Gasteiger partial charge is 0.333 e. The molecular weight excluding hydrogens is 1100 g/mol. The summed E-state index contributed by atoms with van der Waals surface area (Å²) in [7, 11) is -1.85. The summed E-state index contributed by atoms with van der Waals surface area (Å²) < 4.78 is 98.7. The van der Waals surface area contributed by atoms with E-state index >= 15 is 0 Å². The number of thiophene rings is 1. The van der Waals surface area contributed by atoms with Gasteiger partial charge in [-0.3, -0.25) is 4.98 Å². The molecule has 0 atom stereocenters. The van der Waals surface area contributed by atoms with Crippen molar-refractivity contribution in [1.82, 2.24) is 19.5 Å². The molecule has 0 bridgehead atoms. The summed E-state index contributed by atoms with van der Waals surface area (Å²) in [6.45, 7) is -3.29. The van der Waals surface area contributed by atoms with Crippen LogP contribution in [0, 0.1) is 39.5 Å². The second kappa shape index (κ2) is 20.6. The van der Waals surface area contributed by atoms with E-state index in [0.717, 1.165) is 76.3 Å². The number of hydrogen-bond donors (Lipinski definition) is 0. The molecule has 0 aliphatic carbocycles. The van der Waals surface area contributed by atoms with Crippen LogP contribution in [0.2, 0.25) is 19.6 Å². The Bertz CT molecular complexity index is 4370. The normalized spacial score (nSPS) is 14.5. The van der Waals surface area contributed by atoms with E-state index in [2.05, 4.69) is 126 Å². The van der Waals surface area contributed by atoms with Gasteiger partial charge in [0.1, 0.15) is 4.83 Å². The molecule has 0 aliphatic rings. The van der Waals surface area contributed by atoms with Gasteiger partial charge in [0.15, 0.2) is 0 Å². The molecule has 359 valence electrons. The number of aromatic nitrogens is 4. The minimum atomic E-state index is -2.56. The molecule has 12 rings (SSSR count). The summed E-state index contributed by atoms with van der Waals surface area (Å²) in [5, 5.41) is 2.62. The summed E-state index contributed by atoms with van der Waals surface area (Å²) in [4.78, 5) is 15.5. The molecule has 0 aliphatic heterocycles. The van der Waals surface area contributed by atoms with E-state index in [1.54, 1.807) is 24.4 Å². The average Bonchev–Trinajstić information content (AvgIpc) is 1.85. The van der Waals surface area contributed by atoms with E-state index in [1.807, 2.05) is 60.7 Å². The molecule has 0 N–H and O–H groups in total. The number of imidazole rings is 1. The first-order chi connectivity index (χ1) is 39.8. The van der Waals surface area contributed by atoms with Crippen molar-refractivity contribution in [3.63, 3.8) is 0 Å². The van der Waals surface area contributed by atoms with Crippen LogP contribution in [-0.2, 0) is 20.1 Å². The molecule has 73 heavy (non-hydrogen) atoms. The molecule has 0 amide bonds. The van der Waals surface area contributed by atoms with Crippen LogP contribution >= 0.6 is 11.3 Å². The summed E-state index contributed by atoms with van der Waals surface area (Å²) in [6.07, 6.45) is 1.65. The molecule has 0 saturated heterocycles. The van der Waals surface area contributed by atoms with Crippen LogP contribution in [0.1, 0.15) is 38.7 Å². The van der Waals surface area contributed by atoms with E-state index < -0.39 is 35.5 Å². The molecule has 0 fully saturated rings. The molecule has 4 heterocycles. The maximum absolute atomic E-state index is 8.34. The molecule has 12 aromatic rings. The van der Waals surface area contributed by atoms with Crippen LogP contribution in [-0.4, -0.2) is 27.6 Å². The van der Waals surface area contributed by atoms with Gasteiger partial charge in [-0.05, 0) is 94.3 Å². The molecule has 7 heteroatoms. The van der Waals surface area contributed by atoms with Gasteiger partial charge in [0.2, 0.25) is 0 Å². The third-order valence-electron chi connectivity index (χ3n) is 12.8. The molecule has 4 nitrogen and oxygen atoms in total. The zero-order valence-corrected chi connectivity index (χ0v) is 44.3. The number of fused-ring (bicyclic) bond motifs is 4. The van der Waals surface area contributed by atoms with Crippen LogP contribution < -0.4 is 5.19 Å². The molecule has 0 spiro atoms. The number of para-hydroxylation sites is 2. The fourth-order valence-corrected chi connectivity index (χ4v) is 11.8. The molecule has 0 saturated carbocycles. The quantitative estimate of drug-likeness (QED) is 0.112. The minimum absolute atomic E-state index is 0. The van der Waals surface area contributed by atoms with Crippen LogP contribution in [0.15, 0.2) is 200 Å². The maximum atomic E-state index is 8.34. The zero-order chi connectivity index (χ0) is 59.5. The third-order valence-corrected chi connectivity index (χ3v) is 16.0. The van der Waals surface area contributed by atoms with E-state index in [0.29, 0.717) is 27.5 Å². The van der Waals surface area contributed by atoms with Gasteiger partial charge in [-0.25, -0.2) is 4.98 Å². The Balaban J connectivity index is 0.000000271. The first-order valence-electron chi connectivity index (χ1n) is 29.6. The van der Waals surface area contributed by atoms with E-state index in [-0.39, 0.29) is 48.1 Å². The summed E-state index contributed by atoms with van der Waals surface area (Å²) >= 11 is 1.46. The van der Waals surface area contributed by atoms with Crippen LogP contribution in [0.3, 0.4) is 0 Å². The van der Waals surface area contributed by atoms with E-state index in [4.69, 9.17) is 26.4 Å². The fourth-order valence-electron chi connectivity index (χ4n) is 9.30. The second-order valence-electron chi connectivity index (χ2n) is 18.6. The standard InChI is InChI=1S/C50H34N3S.C16H20NSi.Ir/c1-32-15-14-16-33(2)46(32)43-29-28-39-47-38(35-19-8-4-9-20-35)26-27-40(48(47)54-50(39)52-43)49-51-42-23-12-13-24-45(42)53(49)44-30-25-37(34-17-6-3-7-18-34)31-41(44)36-21-10-5-11-22-36;1-12-6-8-14(9-7-12)15-10-13(2)16(11-17-15)18(3,4)5;/h3-26,28-31H,1-2H3;6-8,10-11H,1-5H3;/q2*-1;/i2*1D3,2D3;. The predicted molar refractivity (Wildman–Crippen MR) is 308 cm³/mol. The Morgan fingerprint density at radius 2 is 1.25 bits per heavy atom. The van der Waals surface area contributed by atoms with Crippen molar-refractivity contribution < 1.29 is 36.6 Å². The maximum Gasteiger partial charge on any atom is 0.114 e. The SMILES string of the molecule is [2H]C([2H])([2H])c1c[c-]c(-c2cc(C([2H])([2H])[2H])c([Si](C)(C)C)cn2)cc1.[2H]C([2H])([2H])c1cccc(C([2H])([2H])[2H])c1-c1ccc2c(n1)sc1c(-c3nc4ccccc4n3-c3ccc(-c4ccccc4)cc3-c3ccccc3)[c-]cc(-c3ccccc3)c12.[Ir]. The Hall–Kier alpha value is -7.38. The van der Waals surface area contributed by atoms with Gasteiger partial charge in [0.05, 0.1) is 30.6 Å². The molecular formula is C66H54IrN4SSi-2. The fraction of sp³-hybridized carbons (Fsp3) is 0.106. The Morgan fingerprint density at radius 1 is 0.562 bits per heavy atom. The minimum Gasteiger partial charge on any atom is -0.333 e. The van der Waals surface area contributed by atoms with E-state index in [9.17, 15) is 0 Å². The first kappa shape index (κ1) is 36.5. The number of pyridine rings is 2.